The normalized spacial score (nSPS) is 14.6. The lowest BCUT2D eigenvalue weighted by atomic mass is 10.0. The number of nitrogens with two attached hydrogens (primary N) is 1. The van der Waals surface area contributed by atoms with Crippen molar-refractivity contribution in [3.63, 3.8) is 0 Å². The van der Waals surface area contributed by atoms with Crippen LogP contribution >= 0.6 is 0 Å². The van der Waals surface area contributed by atoms with Gasteiger partial charge in [0, 0.05) is 23.5 Å². The lowest BCUT2D eigenvalue weighted by molar-refractivity contribution is -0.141. The second kappa shape index (κ2) is 8.68. The van der Waals surface area contributed by atoms with E-state index in [1.165, 1.54) is 6.92 Å². The smallest absolute Gasteiger partial charge is 0.325 e. The van der Waals surface area contributed by atoms with Crippen LogP contribution in [0.3, 0.4) is 0 Å². The predicted molar refractivity (Wildman–Crippen MR) is 102 cm³/mol. The van der Waals surface area contributed by atoms with E-state index >= 15 is 0 Å². The highest BCUT2D eigenvalue weighted by Gasteiger charge is 2.28. The van der Waals surface area contributed by atoms with Crippen LogP contribution in [0.15, 0.2) is 30.5 Å². The Morgan fingerprint density at radius 3 is 2.41 bits per heavy atom. The molecule has 0 fully saturated rings. The first-order chi connectivity index (χ1) is 12.7. The number of hydrogen-bond donors (Lipinski definition) is 5. The number of aromatic amines is 1. The fraction of sp³-hybridized carbons (Fsp3) is 0.421. The van der Waals surface area contributed by atoms with E-state index in [0.29, 0.717) is 0 Å². The molecular weight excluding hydrogens is 348 g/mol. The summed E-state index contributed by atoms with van der Waals surface area (Å²) < 4.78 is 0. The summed E-state index contributed by atoms with van der Waals surface area (Å²) >= 11 is 0. The summed E-state index contributed by atoms with van der Waals surface area (Å²) in [4.78, 5) is 39.1. The lowest BCUT2D eigenvalue weighted by Crippen LogP contribution is -2.55. The number of rotatable bonds is 8. The topological polar surface area (TPSA) is 137 Å². The minimum atomic E-state index is -1.15. The number of para-hydroxylation sites is 1. The summed E-state index contributed by atoms with van der Waals surface area (Å²) in [5, 5.41) is 15.0. The summed E-state index contributed by atoms with van der Waals surface area (Å²) in [6.07, 6.45) is 1.98. The maximum atomic E-state index is 12.6. The van der Waals surface area contributed by atoms with Crippen molar-refractivity contribution in [3.8, 4) is 0 Å². The van der Waals surface area contributed by atoms with Crippen LogP contribution in [0.5, 0.6) is 0 Å². The lowest BCUT2D eigenvalue weighted by Gasteiger charge is -2.23. The molecule has 8 heteroatoms. The van der Waals surface area contributed by atoms with Crippen LogP contribution in [-0.4, -0.2) is 46.0 Å². The summed E-state index contributed by atoms with van der Waals surface area (Å²) in [7, 11) is 0. The number of aromatic nitrogens is 1. The third-order valence-electron chi connectivity index (χ3n) is 4.48. The Kier molecular flexibility index (Phi) is 6.57. The molecule has 27 heavy (non-hydrogen) atoms. The Bertz CT molecular complexity index is 830. The molecular formula is C19H26N4O4. The van der Waals surface area contributed by atoms with Gasteiger partial charge in [0.05, 0.1) is 6.04 Å². The van der Waals surface area contributed by atoms with Gasteiger partial charge in [0.1, 0.15) is 12.1 Å². The van der Waals surface area contributed by atoms with Gasteiger partial charge in [-0.3, -0.25) is 14.4 Å². The first kappa shape index (κ1) is 20.4. The second-order valence-corrected chi connectivity index (χ2v) is 6.96. The molecule has 0 unspecified atom stereocenters. The molecule has 8 nitrogen and oxygen atoms in total. The van der Waals surface area contributed by atoms with Crippen molar-refractivity contribution in [2.75, 3.05) is 0 Å². The molecule has 2 rings (SSSR count). The second-order valence-electron chi connectivity index (χ2n) is 6.96. The van der Waals surface area contributed by atoms with Crippen molar-refractivity contribution >= 4 is 28.7 Å². The first-order valence-electron chi connectivity index (χ1n) is 8.84. The number of carboxylic acids is 1. The van der Waals surface area contributed by atoms with Gasteiger partial charge in [-0.1, -0.05) is 32.0 Å². The SMILES string of the molecule is CC(C)[C@H](N)C(=O)N[C@@H](Cc1c[nH]c2ccccc12)C(=O)N[C@@H](C)C(=O)O. The number of carboxylic acid groups (broad SMARTS) is 1. The molecule has 0 saturated heterocycles. The Hall–Kier alpha value is -2.87. The van der Waals surface area contributed by atoms with Crippen molar-refractivity contribution in [3.05, 3.63) is 36.0 Å². The van der Waals surface area contributed by atoms with Crippen molar-refractivity contribution in [2.24, 2.45) is 11.7 Å². The minimum Gasteiger partial charge on any atom is -0.480 e. The molecule has 1 aromatic carbocycles. The van der Waals surface area contributed by atoms with Crippen LogP contribution in [0.25, 0.3) is 10.9 Å². The molecule has 0 saturated carbocycles. The van der Waals surface area contributed by atoms with Crippen LogP contribution in [0.4, 0.5) is 0 Å². The zero-order chi connectivity index (χ0) is 20.1. The molecule has 1 aromatic heterocycles. The molecule has 0 aliphatic heterocycles. The first-order valence-corrected chi connectivity index (χ1v) is 8.84. The molecule has 146 valence electrons. The van der Waals surface area contributed by atoms with Gasteiger partial charge in [0.25, 0.3) is 0 Å². The van der Waals surface area contributed by atoms with E-state index in [-0.39, 0.29) is 12.3 Å². The number of carbonyl (C=O) groups is 3. The van der Waals surface area contributed by atoms with E-state index in [0.717, 1.165) is 16.5 Å². The van der Waals surface area contributed by atoms with Gasteiger partial charge in [-0.05, 0) is 24.5 Å². The average Bonchev–Trinajstić information content (AvgIpc) is 3.03. The van der Waals surface area contributed by atoms with Crippen molar-refractivity contribution in [2.45, 2.75) is 45.3 Å². The maximum Gasteiger partial charge on any atom is 0.325 e. The fourth-order valence-corrected chi connectivity index (χ4v) is 2.68. The van der Waals surface area contributed by atoms with Crippen LogP contribution in [0.2, 0.25) is 0 Å². The van der Waals surface area contributed by atoms with Gasteiger partial charge in [0.15, 0.2) is 0 Å². The predicted octanol–water partition coefficient (Wildman–Crippen LogP) is 0.768. The molecule has 0 spiro atoms. The standard InChI is InChI=1S/C19H26N4O4/c1-10(2)16(20)18(25)23-15(17(24)22-11(3)19(26)27)8-12-9-21-14-7-5-4-6-13(12)14/h4-7,9-11,15-16,21H,8,20H2,1-3H3,(H,22,24)(H,23,25)(H,26,27)/t11-,15-,16-/m0/s1. The molecule has 6 N–H and O–H groups in total. The van der Waals surface area contributed by atoms with Gasteiger partial charge in [-0.15, -0.1) is 0 Å². The van der Waals surface area contributed by atoms with E-state index in [2.05, 4.69) is 15.6 Å². The molecule has 0 aliphatic carbocycles. The highest BCUT2D eigenvalue weighted by Crippen LogP contribution is 2.19. The van der Waals surface area contributed by atoms with Crippen LogP contribution in [0.1, 0.15) is 26.3 Å². The zero-order valence-corrected chi connectivity index (χ0v) is 15.7. The number of hydrogen-bond acceptors (Lipinski definition) is 4. The summed E-state index contributed by atoms with van der Waals surface area (Å²) in [6.45, 7) is 4.99. The number of nitrogens with one attached hydrogen (secondary N) is 3. The van der Waals surface area contributed by atoms with Crippen molar-refractivity contribution < 1.29 is 19.5 Å². The quantitative estimate of drug-likeness (QED) is 0.465. The number of carbonyl (C=O) groups excluding carboxylic acids is 2. The number of fused-ring (bicyclic) bond motifs is 1. The van der Waals surface area contributed by atoms with Gasteiger partial charge in [-0.25, -0.2) is 0 Å². The van der Waals surface area contributed by atoms with Gasteiger partial charge < -0.3 is 26.5 Å². The molecule has 0 aliphatic rings. The van der Waals surface area contributed by atoms with Crippen LogP contribution < -0.4 is 16.4 Å². The maximum absolute atomic E-state index is 12.6. The van der Waals surface area contributed by atoms with Crippen molar-refractivity contribution in [1.29, 1.82) is 0 Å². The van der Waals surface area contributed by atoms with Gasteiger partial charge in [0.2, 0.25) is 11.8 Å². The monoisotopic (exact) mass is 374 g/mol. The summed E-state index contributed by atoms with van der Waals surface area (Å²) in [6, 6.07) is 4.83. The molecule has 0 bridgehead atoms. The summed E-state index contributed by atoms with van der Waals surface area (Å²) in [5.41, 5.74) is 7.63. The van der Waals surface area contributed by atoms with E-state index in [1.54, 1.807) is 6.20 Å². The van der Waals surface area contributed by atoms with Gasteiger partial charge >= 0.3 is 5.97 Å². The Morgan fingerprint density at radius 1 is 1.11 bits per heavy atom. The number of benzene rings is 1. The van der Waals surface area contributed by atoms with E-state index in [4.69, 9.17) is 10.8 Å². The number of amides is 2. The van der Waals surface area contributed by atoms with E-state index < -0.39 is 35.9 Å². The van der Waals surface area contributed by atoms with Crippen LogP contribution in [-0.2, 0) is 20.8 Å². The third kappa shape index (κ3) is 5.07. The minimum absolute atomic E-state index is 0.0975. The Morgan fingerprint density at radius 2 is 1.78 bits per heavy atom. The summed E-state index contributed by atoms with van der Waals surface area (Å²) in [5.74, 6) is -2.27. The average molecular weight is 374 g/mol. The van der Waals surface area contributed by atoms with E-state index in [9.17, 15) is 14.4 Å². The molecule has 2 aromatic rings. The molecule has 0 radical (unpaired) electrons. The fourth-order valence-electron chi connectivity index (χ4n) is 2.68. The molecule has 2 amide bonds. The Labute approximate surface area is 157 Å². The van der Waals surface area contributed by atoms with Crippen molar-refractivity contribution in [1.82, 2.24) is 15.6 Å². The number of aliphatic carboxylic acids is 1. The largest absolute Gasteiger partial charge is 0.480 e. The Balaban J connectivity index is 2.24. The number of H-pyrrole nitrogens is 1. The van der Waals surface area contributed by atoms with Gasteiger partial charge in [-0.2, -0.15) is 0 Å². The molecule has 3 atom stereocenters. The zero-order valence-electron chi connectivity index (χ0n) is 15.7. The molecule has 1 heterocycles. The van der Waals surface area contributed by atoms with E-state index in [1.807, 2.05) is 38.1 Å². The third-order valence-corrected chi connectivity index (χ3v) is 4.48. The highest BCUT2D eigenvalue weighted by atomic mass is 16.4. The van der Waals surface area contributed by atoms with Crippen LogP contribution in [0, 0.1) is 5.92 Å². The highest BCUT2D eigenvalue weighted by molar-refractivity contribution is 5.92.